The van der Waals surface area contributed by atoms with E-state index in [9.17, 15) is 4.79 Å². The molecule has 2 heterocycles. The lowest BCUT2D eigenvalue weighted by Gasteiger charge is -2.47. The molecule has 0 aliphatic carbocycles. The zero-order valence-corrected chi connectivity index (χ0v) is 17.7. The van der Waals surface area contributed by atoms with Gasteiger partial charge in [-0.25, -0.2) is 0 Å². The van der Waals surface area contributed by atoms with Crippen molar-refractivity contribution in [1.29, 1.82) is 0 Å². The second-order valence-corrected chi connectivity index (χ2v) is 8.92. The van der Waals surface area contributed by atoms with Crippen molar-refractivity contribution in [3.05, 3.63) is 33.7 Å². The number of amidine groups is 1. The fourth-order valence-corrected chi connectivity index (χ4v) is 5.21. The van der Waals surface area contributed by atoms with Crippen LogP contribution in [0.5, 0.6) is 0 Å². The first-order valence-corrected chi connectivity index (χ1v) is 10.1. The van der Waals surface area contributed by atoms with Crippen molar-refractivity contribution in [3.63, 3.8) is 0 Å². The number of nitrogens with zero attached hydrogens (tertiary/aromatic N) is 3. The molecule has 1 amide bonds. The molecule has 0 spiro atoms. The lowest BCUT2D eigenvalue weighted by Crippen LogP contribution is -2.48. The number of hydrogen-bond donors (Lipinski definition) is 0. The van der Waals surface area contributed by atoms with Crippen LogP contribution in [-0.2, 0) is 4.79 Å². The number of amides is 1. The van der Waals surface area contributed by atoms with Crippen LogP contribution >= 0.6 is 11.8 Å². The maximum absolute atomic E-state index is 12.5. The van der Waals surface area contributed by atoms with Gasteiger partial charge in [-0.2, -0.15) is 0 Å². The van der Waals surface area contributed by atoms with Gasteiger partial charge in [0.25, 0.3) is 5.91 Å². The highest BCUT2D eigenvalue weighted by Gasteiger charge is 2.36. The van der Waals surface area contributed by atoms with Gasteiger partial charge in [-0.3, -0.25) is 14.7 Å². The number of fused-ring (bicyclic) bond motifs is 1. The van der Waals surface area contributed by atoms with Crippen LogP contribution in [0.4, 0.5) is 5.69 Å². The highest BCUT2D eigenvalue weighted by molar-refractivity contribution is 8.18. The van der Waals surface area contributed by atoms with Crippen molar-refractivity contribution in [3.8, 4) is 0 Å². The summed E-state index contributed by atoms with van der Waals surface area (Å²) in [5.74, 6) is 0.528. The Bertz CT molecular complexity index is 810. The van der Waals surface area contributed by atoms with Gasteiger partial charge in [0.1, 0.15) is 0 Å². The predicted octanol–water partition coefficient (Wildman–Crippen LogP) is 4.64. The predicted molar refractivity (Wildman–Crippen MR) is 113 cm³/mol. The van der Waals surface area contributed by atoms with Crippen LogP contribution in [0.25, 0.3) is 6.08 Å². The molecule has 0 radical (unpaired) electrons. The third-order valence-corrected chi connectivity index (χ3v) is 6.72. The molecule has 4 nitrogen and oxygen atoms in total. The maximum atomic E-state index is 12.5. The summed E-state index contributed by atoms with van der Waals surface area (Å²) in [6, 6.07) is 4.58. The van der Waals surface area contributed by atoms with Gasteiger partial charge in [-0.1, -0.05) is 6.92 Å². The monoisotopic (exact) mass is 371 g/mol. The Morgan fingerprint density at radius 3 is 2.65 bits per heavy atom. The number of rotatable bonds is 2. The second kappa shape index (κ2) is 6.76. The van der Waals surface area contributed by atoms with Gasteiger partial charge in [-0.15, -0.1) is 0 Å². The zero-order chi connectivity index (χ0) is 19.2. The maximum Gasteiger partial charge on any atom is 0.266 e. The van der Waals surface area contributed by atoms with Gasteiger partial charge in [-0.05, 0) is 86.7 Å². The lowest BCUT2D eigenvalue weighted by molar-refractivity contribution is -0.121. The summed E-state index contributed by atoms with van der Waals surface area (Å²) in [7, 11) is 3.50. The van der Waals surface area contributed by atoms with Crippen LogP contribution in [-0.4, -0.2) is 42.2 Å². The first-order chi connectivity index (χ1) is 12.2. The van der Waals surface area contributed by atoms with Crippen molar-refractivity contribution in [2.45, 2.75) is 52.5 Å². The van der Waals surface area contributed by atoms with Gasteiger partial charge >= 0.3 is 0 Å². The fourth-order valence-electron chi connectivity index (χ4n) is 4.30. The zero-order valence-electron chi connectivity index (χ0n) is 16.9. The first-order valence-electron chi connectivity index (χ1n) is 9.26. The van der Waals surface area contributed by atoms with E-state index in [2.05, 4.69) is 56.6 Å². The van der Waals surface area contributed by atoms with Gasteiger partial charge in [0.05, 0.1) is 4.91 Å². The number of aliphatic imine (C=N–C) groups is 1. The van der Waals surface area contributed by atoms with E-state index in [1.165, 1.54) is 28.6 Å². The van der Waals surface area contributed by atoms with Gasteiger partial charge in [0.15, 0.2) is 5.17 Å². The highest BCUT2D eigenvalue weighted by atomic mass is 32.2. The summed E-state index contributed by atoms with van der Waals surface area (Å²) in [4.78, 5) is 21.5. The molecule has 2 aliphatic heterocycles. The Labute approximate surface area is 161 Å². The number of benzene rings is 1. The Morgan fingerprint density at radius 1 is 1.38 bits per heavy atom. The minimum atomic E-state index is 0.0251. The molecule has 5 heteroatoms. The molecule has 0 unspecified atom stereocenters. The Morgan fingerprint density at radius 2 is 2.08 bits per heavy atom. The average Bonchev–Trinajstić information content (AvgIpc) is 2.83. The minimum absolute atomic E-state index is 0.0251. The molecule has 1 saturated heterocycles. The highest BCUT2D eigenvalue weighted by Crippen LogP contribution is 2.44. The molecule has 0 aromatic heterocycles. The van der Waals surface area contributed by atoms with Crippen LogP contribution in [0.1, 0.15) is 56.7 Å². The first kappa shape index (κ1) is 19.0. The molecule has 3 rings (SSSR count). The molecule has 1 aromatic carbocycles. The number of aryl methyl sites for hydroxylation is 1. The molecule has 0 bridgehead atoms. The fraction of sp³-hybridized carbons (Fsp3) is 0.524. The molecule has 1 aromatic rings. The van der Waals surface area contributed by atoms with Crippen LogP contribution in [0.15, 0.2) is 22.0 Å². The summed E-state index contributed by atoms with van der Waals surface area (Å²) in [6.45, 7) is 12.3. The second-order valence-electron chi connectivity index (χ2n) is 7.91. The van der Waals surface area contributed by atoms with Crippen molar-refractivity contribution in [1.82, 2.24) is 4.90 Å². The normalized spacial score (nSPS) is 25.3. The van der Waals surface area contributed by atoms with Crippen LogP contribution < -0.4 is 4.90 Å². The van der Waals surface area contributed by atoms with Gasteiger partial charge < -0.3 is 4.90 Å². The van der Waals surface area contributed by atoms with Crippen LogP contribution in [0.3, 0.4) is 0 Å². The van der Waals surface area contributed by atoms with Crippen molar-refractivity contribution < 1.29 is 4.79 Å². The third-order valence-electron chi connectivity index (χ3n) is 5.57. The average molecular weight is 372 g/mol. The summed E-state index contributed by atoms with van der Waals surface area (Å²) >= 11 is 1.45. The van der Waals surface area contributed by atoms with E-state index in [4.69, 9.17) is 0 Å². The molecular formula is C21H29N3OS. The summed E-state index contributed by atoms with van der Waals surface area (Å²) in [5.41, 5.74) is 5.23. The summed E-state index contributed by atoms with van der Waals surface area (Å²) in [5, 5.41) is 0.754. The van der Waals surface area contributed by atoms with E-state index in [0.717, 1.165) is 28.6 Å². The number of hydrogen-bond acceptors (Lipinski definition) is 4. The number of carbonyl (C=O) groups excluding carboxylic acids is 1. The molecule has 1 atom stereocenters. The summed E-state index contributed by atoms with van der Waals surface area (Å²) < 4.78 is 0. The van der Waals surface area contributed by atoms with Gasteiger partial charge in [0, 0.05) is 31.9 Å². The van der Waals surface area contributed by atoms with Crippen LogP contribution in [0, 0.1) is 6.92 Å². The SMILES string of the molecule is CCN1c2cc(C)c(/C=C3\SC(=NC)N(C)C3=O)cc2[C@@H](C)CC1(C)C. The number of likely N-dealkylation sites (N-methyl/N-ethyl adjacent to an activating group) is 1. The van der Waals surface area contributed by atoms with E-state index in [-0.39, 0.29) is 11.4 Å². The van der Waals surface area contributed by atoms with E-state index in [0.29, 0.717) is 5.92 Å². The quantitative estimate of drug-likeness (QED) is 0.711. The van der Waals surface area contributed by atoms with Crippen molar-refractivity contribution >= 4 is 34.6 Å². The molecule has 2 aliphatic rings. The van der Waals surface area contributed by atoms with E-state index in [1.54, 1.807) is 19.0 Å². The molecule has 1 fully saturated rings. The number of thioether (sulfide) groups is 1. The van der Waals surface area contributed by atoms with E-state index in [1.807, 2.05) is 6.08 Å². The van der Waals surface area contributed by atoms with Gasteiger partial charge in [0.2, 0.25) is 0 Å². The minimum Gasteiger partial charge on any atom is -0.366 e. The van der Waals surface area contributed by atoms with Crippen molar-refractivity contribution in [2.75, 3.05) is 25.5 Å². The molecule has 0 N–H and O–H groups in total. The Hall–Kier alpha value is -1.75. The molecule has 26 heavy (non-hydrogen) atoms. The molecule has 0 saturated carbocycles. The Balaban J connectivity index is 2.06. The number of carbonyl (C=O) groups is 1. The van der Waals surface area contributed by atoms with Crippen molar-refractivity contribution in [2.24, 2.45) is 4.99 Å². The standard InChI is InChI=1S/C21H29N3OS/c1-8-24-17-9-13(2)15(10-16(17)14(3)12-21(24,4)5)11-18-19(25)23(7)20(22-6)26-18/h9-11,14H,8,12H2,1-7H3/b18-11-,22-20?/t14-/m0/s1. The topological polar surface area (TPSA) is 35.9 Å². The van der Waals surface area contributed by atoms with Crippen LogP contribution in [0.2, 0.25) is 0 Å². The third kappa shape index (κ3) is 3.07. The van der Waals surface area contributed by atoms with E-state index >= 15 is 0 Å². The van der Waals surface area contributed by atoms with E-state index < -0.39 is 0 Å². The smallest absolute Gasteiger partial charge is 0.266 e. The summed E-state index contributed by atoms with van der Waals surface area (Å²) in [6.07, 6.45) is 3.16. The molecule has 140 valence electrons. The largest absolute Gasteiger partial charge is 0.366 e. The molecular weight excluding hydrogens is 342 g/mol. The lowest BCUT2D eigenvalue weighted by atomic mass is 9.79. The Kier molecular flexibility index (Phi) is 4.95. The number of anilines is 1.